The van der Waals surface area contributed by atoms with Crippen LogP contribution in [0.1, 0.15) is 68.5 Å². The Labute approximate surface area is 249 Å². The van der Waals surface area contributed by atoms with Gasteiger partial charge in [-0.05, 0) is 79.0 Å². The third kappa shape index (κ3) is 7.08. The molecule has 1 saturated heterocycles. The van der Waals surface area contributed by atoms with Crippen molar-refractivity contribution in [3.05, 3.63) is 101 Å². The zero-order chi connectivity index (χ0) is 30.9. The van der Waals surface area contributed by atoms with Crippen LogP contribution in [0.3, 0.4) is 0 Å². The monoisotopic (exact) mass is 593 g/mol. The summed E-state index contributed by atoms with van der Waals surface area (Å²) in [5.41, 5.74) is 2.91. The first-order valence-electron chi connectivity index (χ1n) is 14.5. The molecule has 1 fully saturated rings. The quantitative estimate of drug-likeness (QED) is 0.257. The van der Waals surface area contributed by atoms with Gasteiger partial charge in [-0.2, -0.15) is 18.4 Å². The lowest BCUT2D eigenvalue weighted by Gasteiger charge is -2.48. The van der Waals surface area contributed by atoms with E-state index in [1.165, 1.54) is 0 Å². The Hall–Kier alpha value is -3.12. The molecule has 3 aromatic rings. The number of piperazine rings is 1. The van der Waals surface area contributed by atoms with E-state index >= 15 is 0 Å². The number of halogens is 3. The Morgan fingerprint density at radius 1 is 0.929 bits per heavy atom. The van der Waals surface area contributed by atoms with Crippen LogP contribution in [0.2, 0.25) is 18.1 Å². The molecule has 0 spiro atoms. The fraction of sp³-hybridized carbons (Fsp3) is 0.441. The molecule has 42 heavy (non-hydrogen) atoms. The topological polar surface area (TPSA) is 39.5 Å². The molecule has 224 valence electrons. The summed E-state index contributed by atoms with van der Waals surface area (Å²) < 4.78 is 45.9. The van der Waals surface area contributed by atoms with Crippen molar-refractivity contribution < 1.29 is 17.6 Å². The molecule has 3 atom stereocenters. The first-order valence-corrected chi connectivity index (χ1v) is 17.5. The molecule has 2 unspecified atom stereocenters. The van der Waals surface area contributed by atoms with E-state index in [1.807, 2.05) is 36.4 Å². The standard InChI is InChI=1S/C34H42F3N3OSi/c1-24-22-40(25(2)21-39(24)23-26-15-17-29(18-16-26)34(35,36)37)32(31-14-9-8-11-28(31)20-38)27-12-10-13-30(19-27)41-42(6,7)33(3,4)5/h8-19,24-25,32H,21-23H2,1-7H3/t24-,25?,32?/m1/s1. The van der Waals surface area contributed by atoms with E-state index in [9.17, 15) is 18.4 Å². The van der Waals surface area contributed by atoms with Crippen LogP contribution in [0.15, 0.2) is 72.8 Å². The minimum Gasteiger partial charge on any atom is -0.543 e. The number of rotatable bonds is 7. The summed E-state index contributed by atoms with van der Waals surface area (Å²) in [5.74, 6) is 0.847. The molecule has 0 aliphatic carbocycles. The first-order chi connectivity index (χ1) is 19.6. The number of nitrogens with zero attached hydrogens (tertiary/aromatic N) is 3. The van der Waals surface area contributed by atoms with Gasteiger partial charge in [0, 0.05) is 31.7 Å². The Morgan fingerprint density at radius 2 is 1.60 bits per heavy atom. The van der Waals surface area contributed by atoms with Crippen LogP contribution in [0.4, 0.5) is 13.2 Å². The summed E-state index contributed by atoms with van der Waals surface area (Å²) in [7, 11) is -2.06. The molecule has 4 rings (SSSR count). The van der Waals surface area contributed by atoms with Gasteiger partial charge in [-0.15, -0.1) is 0 Å². The molecule has 3 aromatic carbocycles. The normalized spacial score (nSPS) is 19.7. The van der Waals surface area contributed by atoms with Crippen molar-refractivity contribution in [3.63, 3.8) is 0 Å². The maximum absolute atomic E-state index is 13.1. The van der Waals surface area contributed by atoms with Gasteiger partial charge >= 0.3 is 6.18 Å². The van der Waals surface area contributed by atoms with Gasteiger partial charge in [0.05, 0.1) is 23.2 Å². The van der Waals surface area contributed by atoms with Crippen molar-refractivity contribution in [1.82, 2.24) is 9.80 Å². The van der Waals surface area contributed by atoms with Gasteiger partial charge in [0.1, 0.15) is 5.75 Å². The summed E-state index contributed by atoms with van der Waals surface area (Å²) in [6.07, 6.45) is -4.34. The molecule has 0 radical (unpaired) electrons. The molecule has 0 N–H and O–H groups in total. The molecular formula is C34H42F3N3OSi. The Kier molecular flexibility index (Phi) is 9.27. The fourth-order valence-corrected chi connectivity index (χ4v) is 6.44. The SMILES string of the molecule is CC1CN(Cc2ccc(C(F)(F)F)cc2)[C@H](C)CN1C(c1cccc(O[Si](C)(C)C(C)(C)C)c1)c1ccccc1C#N. The van der Waals surface area contributed by atoms with E-state index in [1.54, 1.807) is 12.1 Å². The molecule has 4 nitrogen and oxygen atoms in total. The number of nitriles is 1. The molecule has 0 saturated carbocycles. The highest BCUT2D eigenvalue weighted by molar-refractivity contribution is 6.74. The summed E-state index contributed by atoms with van der Waals surface area (Å²) >= 11 is 0. The van der Waals surface area contributed by atoms with Crippen molar-refractivity contribution in [2.75, 3.05) is 13.1 Å². The predicted octanol–water partition coefficient (Wildman–Crippen LogP) is 8.65. The average molecular weight is 594 g/mol. The summed E-state index contributed by atoms with van der Waals surface area (Å²) in [6, 6.07) is 24.1. The lowest BCUT2D eigenvalue weighted by molar-refractivity contribution is -0.137. The van der Waals surface area contributed by atoms with Crippen molar-refractivity contribution in [1.29, 1.82) is 5.26 Å². The Balaban J connectivity index is 1.64. The lowest BCUT2D eigenvalue weighted by Crippen LogP contribution is -2.56. The largest absolute Gasteiger partial charge is 0.543 e. The van der Waals surface area contributed by atoms with E-state index in [0.717, 1.165) is 47.7 Å². The second kappa shape index (κ2) is 12.2. The number of benzene rings is 3. The van der Waals surface area contributed by atoms with Crippen LogP contribution in [0, 0.1) is 11.3 Å². The predicted molar refractivity (Wildman–Crippen MR) is 165 cm³/mol. The summed E-state index contributed by atoms with van der Waals surface area (Å²) in [4.78, 5) is 4.78. The van der Waals surface area contributed by atoms with Crippen LogP contribution in [-0.2, 0) is 12.7 Å². The number of hydrogen-bond acceptors (Lipinski definition) is 4. The smallest absolute Gasteiger partial charge is 0.416 e. The van der Waals surface area contributed by atoms with Crippen LogP contribution in [-0.4, -0.2) is 43.3 Å². The van der Waals surface area contributed by atoms with E-state index < -0.39 is 20.1 Å². The van der Waals surface area contributed by atoms with E-state index in [0.29, 0.717) is 12.1 Å². The molecule has 0 aromatic heterocycles. The molecule has 1 heterocycles. The summed E-state index contributed by atoms with van der Waals surface area (Å²) in [5, 5.41) is 10.1. The van der Waals surface area contributed by atoms with Crippen molar-refractivity contribution >= 4 is 8.32 Å². The van der Waals surface area contributed by atoms with E-state index in [2.05, 4.69) is 75.7 Å². The second-order valence-corrected chi connectivity index (χ2v) is 17.8. The number of alkyl halides is 3. The lowest BCUT2D eigenvalue weighted by atomic mass is 9.90. The van der Waals surface area contributed by atoms with Gasteiger partial charge in [-0.3, -0.25) is 9.80 Å². The molecule has 0 amide bonds. The highest BCUT2D eigenvalue weighted by atomic mass is 28.4. The van der Waals surface area contributed by atoms with Gasteiger partial charge in [0.2, 0.25) is 8.32 Å². The van der Waals surface area contributed by atoms with Crippen molar-refractivity contribution in [2.45, 2.75) is 83.6 Å². The average Bonchev–Trinajstić information content (AvgIpc) is 2.91. The third-order valence-corrected chi connectivity index (χ3v) is 13.2. The van der Waals surface area contributed by atoms with Crippen LogP contribution in [0.25, 0.3) is 0 Å². The second-order valence-electron chi connectivity index (χ2n) is 13.1. The third-order valence-electron chi connectivity index (χ3n) is 8.89. The van der Waals surface area contributed by atoms with Crippen molar-refractivity contribution in [3.8, 4) is 11.8 Å². The van der Waals surface area contributed by atoms with Crippen LogP contribution in [0.5, 0.6) is 5.75 Å². The maximum atomic E-state index is 13.1. The number of hydrogen-bond donors (Lipinski definition) is 0. The van der Waals surface area contributed by atoms with Crippen LogP contribution >= 0.6 is 0 Å². The molecule has 1 aliphatic heterocycles. The maximum Gasteiger partial charge on any atom is 0.416 e. The summed E-state index contributed by atoms with van der Waals surface area (Å²) in [6.45, 7) is 17.5. The minimum absolute atomic E-state index is 0.0587. The minimum atomic E-state index is -4.34. The van der Waals surface area contributed by atoms with Gasteiger partial charge < -0.3 is 4.43 Å². The van der Waals surface area contributed by atoms with Gasteiger partial charge in [0.15, 0.2) is 0 Å². The molecule has 0 bridgehead atoms. The van der Waals surface area contributed by atoms with Crippen LogP contribution < -0.4 is 4.43 Å². The molecule has 8 heteroatoms. The Bertz CT molecular complexity index is 1410. The Morgan fingerprint density at radius 3 is 2.21 bits per heavy atom. The zero-order valence-corrected chi connectivity index (χ0v) is 26.7. The van der Waals surface area contributed by atoms with Crippen molar-refractivity contribution in [2.24, 2.45) is 0 Å². The highest BCUT2D eigenvalue weighted by Crippen LogP contribution is 2.40. The highest BCUT2D eigenvalue weighted by Gasteiger charge is 2.40. The van der Waals surface area contributed by atoms with Gasteiger partial charge in [0.25, 0.3) is 0 Å². The van der Waals surface area contributed by atoms with Gasteiger partial charge in [-0.1, -0.05) is 63.2 Å². The first kappa shape index (κ1) is 31.8. The molecule has 1 aliphatic rings. The zero-order valence-electron chi connectivity index (χ0n) is 25.7. The van der Waals surface area contributed by atoms with Gasteiger partial charge in [-0.25, -0.2) is 0 Å². The van der Waals surface area contributed by atoms with E-state index in [4.69, 9.17) is 4.43 Å². The molecular weight excluding hydrogens is 551 g/mol. The van der Waals surface area contributed by atoms with E-state index in [-0.39, 0.29) is 23.2 Å². The fourth-order valence-electron chi connectivity index (χ4n) is 5.42.